The van der Waals surface area contributed by atoms with Crippen molar-refractivity contribution in [2.45, 2.75) is 12.5 Å². The topological polar surface area (TPSA) is 68.8 Å². The van der Waals surface area contributed by atoms with Gasteiger partial charge in [-0.3, -0.25) is 9.59 Å². The van der Waals surface area contributed by atoms with Crippen molar-refractivity contribution >= 4 is 40.0 Å². The van der Waals surface area contributed by atoms with Crippen LogP contribution in [0, 0.1) is 5.92 Å². The average molecular weight is 382 g/mol. The molecule has 0 bridgehead atoms. The number of thioether (sulfide) groups is 1. The number of amides is 2. The van der Waals surface area contributed by atoms with Crippen LogP contribution in [-0.4, -0.2) is 83.5 Å². The van der Waals surface area contributed by atoms with E-state index >= 15 is 0 Å². The molecule has 3 aliphatic heterocycles. The number of hydrogen-bond acceptors (Lipinski definition) is 7. The fraction of sp³-hybridized carbons (Fsp3) is 0.688. The largest absolute Gasteiger partial charge is 0.345 e. The summed E-state index contributed by atoms with van der Waals surface area (Å²) in [6.45, 7) is 4.56. The van der Waals surface area contributed by atoms with Crippen LogP contribution in [0.15, 0.2) is 11.6 Å². The molecule has 7 nitrogen and oxygen atoms in total. The maximum absolute atomic E-state index is 12.8. The smallest absolute Gasteiger partial charge is 0.240 e. The normalized spacial score (nSPS) is 27.1. The van der Waals surface area contributed by atoms with Crippen LogP contribution in [0.1, 0.15) is 6.42 Å². The van der Waals surface area contributed by atoms with Gasteiger partial charge in [0.15, 0.2) is 5.13 Å². The number of anilines is 1. The van der Waals surface area contributed by atoms with Gasteiger partial charge < -0.3 is 20.0 Å². The molecule has 0 unspecified atom stereocenters. The molecular weight excluding hydrogens is 358 g/mol. The standard InChI is InChI=1S/C16H23N5O2S2/c22-14(19-2-4-20(5-3-19)16-17-1-7-25-16)12-9-13(18-10-12)15(23)21-6-8-24-11-21/h1,7,12-13,18H,2-6,8-11H2/t12-,13-/m0/s1. The third kappa shape index (κ3) is 3.63. The van der Waals surface area contributed by atoms with Gasteiger partial charge in [-0.2, -0.15) is 0 Å². The highest BCUT2D eigenvalue weighted by Gasteiger charge is 2.38. The van der Waals surface area contributed by atoms with E-state index in [2.05, 4.69) is 15.2 Å². The van der Waals surface area contributed by atoms with Crippen molar-refractivity contribution in [2.75, 3.05) is 55.8 Å². The van der Waals surface area contributed by atoms with Crippen LogP contribution in [0.5, 0.6) is 0 Å². The molecule has 0 aromatic carbocycles. The van der Waals surface area contributed by atoms with E-state index in [0.717, 1.165) is 49.5 Å². The van der Waals surface area contributed by atoms with E-state index in [1.165, 1.54) is 0 Å². The minimum absolute atomic E-state index is 0.0735. The summed E-state index contributed by atoms with van der Waals surface area (Å²) in [6, 6.07) is -0.191. The Kier molecular flexibility index (Phi) is 5.14. The average Bonchev–Trinajstić information content (AvgIpc) is 3.43. The molecule has 0 radical (unpaired) electrons. The zero-order valence-corrected chi connectivity index (χ0v) is 15.7. The van der Waals surface area contributed by atoms with Gasteiger partial charge in [0.2, 0.25) is 11.8 Å². The van der Waals surface area contributed by atoms with E-state index in [4.69, 9.17) is 0 Å². The summed E-state index contributed by atoms with van der Waals surface area (Å²) in [5, 5.41) is 6.28. The van der Waals surface area contributed by atoms with E-state index in [9.17, 15) is 9.59 Å². The molecule has 0 aliphatic carbocycles. The predicted molar refractivity (Wildman–Crippen MR) is 99.8 cm³/mol. The zero-order valence-electron chi connectivity index (χ0n) is 14.1. The van der Waals surface area contributed by atoms with Crippen LogP contribution in [-0.2, 0) is 9.59 Å². The Balaban J connectivity index is 1.28. The number of rotatable bonds is 3. The van der Waals surface area contributed by atoms with Gasteiger partial charge >= 0.3 is 0 Å². The lowest BCUT2D eigenvalue weighted by atomic mass is 10.0. The highest BCUT2D eigenvalue weighted by atomic mass is 32.2. The molecule has 0 saturated carbocycles. The molecule has 4 rings (SSSR count). The molecule has 3 fully saturated rings. The Morgan fingerprint density at radius 3 is 2.64 bits per heavy atom. The lowest BCUT2D eigenvalue weighted by Gasteiger charge is -2.35. The molecule has 4 heterocycles. The van der Waals surface area contributed by atoms with Crippen LogP contribution >= 0.6 is 23.1 Å². The van der Waals surface area contributed by atoms with Crippen molar-refractivity contribution in [3.63, 3.8) is 0 Å². The fourth-order valence-corrected chi connectivity index (χ4v) is 5.32. The first-order chi connectivity index (χ1) is 12.2. The third-order valence-corrected chi connectivity index (χ3v) is 6.92. The first kappa shape index (κ1) is 17.1. The fourth-order valence-electron chi connectivity index (χ4n) is 3.67. The van der Waals surface area contributed by atoms with Crippen LogP contribution in [0.3, 0.4) is 0 Å². The quantitative estimate of drug-likeness (QED) is 0.812. The molecule has 2 atom stereocenters. The van der Waals surface area contributed by atoms with Gasteiger partial charge in [0, 0.05) is 56.6 Å². The maximum Gasteiger partial charge on any atom is 0.240 e. The number of aromatic nitrogens is 1. The lowest BCUT2D eigenvalue weighted by molar-refractivity contribution is -0.135. The van der Waals surface area contributed by atoms with Crippen LogP contribution in [0.25, 0.3) is 0 Å². The first-order valence-corrected chi connectivity index (χ1v) is 10.8. The number of piperazine rings is 1. The number of carbonyl (C=O) groups is 2. The number of nitrogens with one attached hydrogen (secondary N) is 1. The number of thiazole rings is 1. The molecule has 3 aliphatic rings. The van der Waals surface area contributed by atoms with Gasteiger partial charge in [0.1, 0.15) is 0 Å². The number of nitrogens with zero attached hydrogens (tertiary/aromatic N) is 4. The summed E-state index contributed by atoms with van der Waals surface area (Å²) in [5.74, 6) is 2.08. The van der Waals surface area contributed by atoms with Crippen molar-refractivity contribution in [3.05, 3.63) is 11.6 Å². The van der Waals surface area contributed by atoms with E-state index < -0.39 is 0 Å². The van der Waals surface area contributed by atoms with Gasteiger partial charge in [0.05, 0.1) is 17.8 Å². The van der Waals surface area contributed by atoms with E-state index in [0.29, 0.717) is 13.0 Å². The summed E-state index contributed by atoms with van der Waals surface area (Å²) in [6.07, 6.45) is 2.45. The summed E-state index contributed by atoms with van der Waals surface area (Å²) in [4.78, 5) is 35.7. The summed E-state index contributed by atoms with van der Waals surface area (Å²) < 4.78 is 0. The van der Waals surface area contributed by atoms with Gasteiger partial charge in [-0.05, 0) is 6.42 Å². The SMILES string of the molecule is O=C([C@@H]1CN[C@H](C(=O)N2CCSC2)C1)N1CCN(c2nccs2)CC1. The van der Waals surface area contributed by atoms with Gasteiger partial charge in [-0.1, -0.05) is 0 Å². The highest BCUT2D eigenvalue weighted by Crippen LogP contribution is 2.23. The van der Waals surface area contributed by atoms with Gasteiger partial charge in [-0.15, -0.1) is 23.1 Å². The second-order valence-electron chi connectivity index (χ2n) is 6.66. The van der Waals surface area contributed by atoms with E-state index in [1.54, 1.807) is 23.1 Å². The minimum atomic E-state index is -0.191. The summed E-state index contributed by atoms with van der Waals surface area (Å²) in [7, 11) is 0. The van der Waals surface area contributed by atoms with Crippen LogP contribution in [0.4, 0.5) is 5.13 Å². The van der Waals surface area contributed by atoms with Crippen molar-refractivity contribution in [1.82, 2.24) is 20.1 Å². The molecule has 3 saturated heterocycles. The number of hydrogen-bond donors (Lipinski definition) is 1. The molecular formula is C16H23N5O2S2. The van der Waals surface area contributed by atoms with Gasteiger partial charge in [0.25, 0.3) is 0 Å². The molecule has 0 spiro atoms. The zero-order chi connectivity index (χ0) is 17.2. The van der Waals surface area contributed by atoms with Crippen molar-refractivity contribution in [1.29, 1.82) is 0 Å². The summed E-state index contributed by atoms with van der Waals surface area (Å²) >= 11 is 3.43. The Morgan fingerprint density at radius 2 is 1.96 bits per heavy atom. The predicted octanol–water partition coefficient (Wildman–Crippen LogP) is 0.303. The Labute approximate surface area is 155 Å². The van der Waals surface area contributed by atoms with E-state index in [1.807, 2.05) is 21.4 Å². The molecule has 1 N–H and O–H groups in total. The molecule has 136 valence electrons. The number of carbonyl (C=O) groups excluding carboxylic acids is 2. The van der Waals surface area contributed by atoms with Crippen LogP contribution < -0.4 is 10.2 Å². The van der Waals surface area contributed by atoms with Crippen molar-refractivity contribution in [2.24, 2.45) is 5.92 Å². The molecule has 25 heavy (non-hydrogen) atoms. The van der Waals surface area contributed by atoms with E-state index in [-0.39, 0.29) is 23.8 Å². The minimum Gasteiger partial charge on any atom is -0.345 e. The Bertz CT molecular complexity index is 612. The monoisotopic (exact) mass is 381 g/mol. The maximum atomic E-state index is 12.8. The molecule has 2 amide bonds. The molecule has 9 heteroatoms. The lowest BCUT2D eigenvalue weighted by Crippen LogP contribution is -2.50. The Morgan fingerprint density at radius 1 is 1.12 bits per heavy atom. The Hall–Kier alpha value is -1.32. The third-order valence-electron chi connectivity index (χ3n) is 5.12. The summed E-state index contributed by atoms with van der Waals surface area (Å²) in [5.41, 5.74) is 0. The molecule has 1 aromatic rings. The van der Waals surface area contributed by atoms with Crippen molar-refractivity contribution in [3.8, 4) is 0 Å². The molecule has 1 aromatic heterocycles. The highest BCUT2D eigenvalue weighted by molar-refractivity contribution is 7.99. The van der Waals surface area contributed by atoms with Crippen LogP contribution in [0.2, 0.25) is 0 Å². The first-order valence-electron chi connectivity index (χ1n) is 8.75. The second kappa shape index (κ2) is 7.51. The van der Waals surface area contributed by atoms with Gasteiger partial charge in [-0.25, -0.2) is 4.98 Å². The van der Waals surface area contributed by atoms with Crippen molar-refractivity contribution < 1.29 is 9.59 Å². The second-order valence-corrected chi connectivity index (χ2v) is 8.61.